The van der Waals surface area contributed by atoms with Crippen molar-refractivity contribution in [3.05, 3.63) is 48.6 Å². The molecule has 0 aliphatic rings. The molecule has 67 heavy (non-hydrogen) atoms. The van der Waals surface area contributed by atoms with Gasteiger partial charge in [0.25, 0.3) is 7.82 Å². The molecule has 0 radical (unpaired) electrons. The van der Waals surface area contributed by atoms with Gasteiger partial charge in [-0.05, 0) is 63.9 Å². The highest BCUT2D eigenvalue weighted by molar-refractivity contribution is 7.45. The summed E-state index contributed by atoms with van der Waals surface area (Å²) in [7, 11) is 1.17. The molecule has 0 rings (SSSR count). The molecule has 0 spiro atoms. The summed E-state index contributed by atoms with van der Waals surface area (Å²) in [6.07, 6.45) is 56.4. The Bertz CT molecular complexity index is 1290. The summed E-state index contributed by atoms with van der Waals surface area (Å²) < 4.78 is 30.2. The first kappa shape index (κ1) is 65.0. The van der Waals surface area contributed by atoms with Gasteiger partial charge in [0.2, 0.25) is 5.91 Å². The van der Waals surface area contributed by atoms with Gasteiger partial charge in [0, 0.05) is 12.8 Å². The molecule has 1 N–H and O–H groups in total. The number of ether oxygens (including phenoxy) is 1. The van der Waals surface area contributed by atoms with Crippen molar-refractivity contribution < 1.29 is 37.3 Å². The van der Waals surface area contributed by atoms with Crippen molar-refractivity contribution in [2.75, 3.05) is 40.9 Å². The van der Waals surface area contributed by atoms with Gasteiger partial charge in [-0.25, -0.2) is 0 Å². The fourth-order valence-corrected chi connectivity index (χ4v) is 8.67. The Morgan fingerprint density at radius 2 is 0.955 bits per heavy atom. The van der Waals surface area contributed by atoms with Gasteiger partial charge in [0.15, 0.2) is 0 Å². The number of likely N-dealkylation sites (N-methyl/N-ethyl adjacent to an activating group) is 1. The zero-order valence-corrected chi connectivity index (χ0v) is 45.5. The van der Waals surface area contributed by atoms with Crippen LogP contribution < -0.4 is 10.2 Å². The lowest BCUT2D eigenvalue weighted by Crippen LogP contribution is -2.47. The van der Waals surface area contributed by atoms with Crippen LogP contribution in [0.5, 0.6) is 0 Å². The zero-order chi connectivity index (χ0) is 49.4. The van der Waals surface area contributed by atoms with Gasteiger partial charge in [-0.1, -0.05) is 224 Å². The van der Waals surface area contributed by atoms with Crippen molar-refractivity contribution >= 4 is 19.7 Å². The molecular weight excluding hydrogens is 856 g/mol. The van der Waals surface area contributed by atoms with Gasteiger partial charge in [-0.15, -0.1) is 0 Å². The Morgan fingerprint density at radius 3 is 1.43 bits per heavy atom. The van der Waals surface area contributed by atoms with Gasteiger partial charge < -0.3 is 28.5 Å². The normalized spacial score (nSPS) is 14.2. The predicted molar refractivity (Wildman–Crippen MR) is 284 cm³/mol. The van der Waals surface area contributed by atoms with Gasteiger partial charge in [0.1, 0.15) is 19.3 Å². The van der Waals surface area contributed by atoms with Crippen molar-refractivity contribution in [2.45, 2.75) is 264 Å². The van der Waals surface area contributed by atoms with Gasteiger partial charge in [-0.2, -0.15) is 0 Å². The molecular formula is C57H107N2O7P. The molecule has 0 aliphatic heterocycles. The van der Waals surface area contributed by atoms with E-state index in [4.69, 9.17) is 13.8 Å². The molecule has 0 bridgehead atoms. The van der Waals surface area contributed by atoms with Crippen molar-refractivity contribution in [2.24, 2.45) is 0 Å². The summed E-state index contributed by atoms with van der Waals surface area (Å²) in [6.45, 7) is 6.71. The number of carbonyl (C=O) groups excluding carboxylic acids is 2. The SMILES string of the molecule is CC/C=C/C/C=C/C/C=C/CCCCCCC(=O)NC(COP(=O)([O-])OCC[N+](C)(C)C)C(/C=C/CCCCCCCCCCCC)OC(=O)CCCCCCCCCCCCCCCCC. The number of nitrogens with zero attached hydrogens (tertiary/aromatic N) is 1. The first-order valence-corrected chi connectivity index (χ1v) is 29.4. The third-order valence-corrected chi connectivity index (χ3v) is 13.2. The van der Waals surface area contributed by atoms with E-state index in [9.17, 15) is 19.0 Å². The second-order valence-corrected chi connectivity index (χ2v) is 21.5. The topological polar surface area (TPSA) is 114 Å². The Kier molecular flexibility index (Phi) is 46.2. The number of phosphoric acid groups is 1. The number of esters is 1. The number of amides is 1. The van der Waals surface area contributed by atoms with E-state index >= 15 is 0 Å². The van der Waals surface area contributed by atoms with Crippen LogP contribution in [0, 0.1) is 0 Å². The second-order valence-electron chi connectivity index (χ2n) is 20.1. The third kappa shape index (κ3) is 48.8. The molecule has 3 unspecified atom stereocenters. The Morgan fingerprint density at radius 1 is 0.537 bits per heavy atom. The highest BCUT2D eigenvalue weighted by Crippen LogP contribution is 2.38. The van der Waals surface area contributed by atoms with E-state index in [-0.39, 0.29) is 24.9 Å². The molecule has 0 heterocycles. The average Bonchev–Trinajstić information content (AvgIpc) is 3.28. The molecule has 9 nitrogen and oxygen atoms in total. The first-order valence-electron chi connectivity index (χ1n) is 27.9. The summed E-state index contributed by atoms with van der Waals surface area (Å²) in [5.41, 5.74) is 0. The monoisotopic (exact) mass is 963 g/mol. The lowest BCUT2D eigenvalue weighted by Gasteiger charge is -2.30. The Balaban J connectivity index is 5.39. The lowest BCUT2D eigenvalue weighted by molar-refractivity contribution is -0.870. The number of carbonyl (C=O) groups is 2. The minimum absolute atomic E-state index is 0.0263. The minimum atomic E-state index is -4.69. The van der Waals surface area contributed by atoms with Crippen molar-refractivity contribution in [3.8, 4) is 0 Å². The maximum atomic E-state index is 13.4. The smallest absolute Gasteiger partial charge is 0.306 e. The fourth-order valence-electron chi connectivity index (χ4n) is 7.95. The number of hydrogen-bond donors (Lipinski definition) is 1. The standard InChI is InChI=1S/C57H107N2O7P/c1-7-10-13-16-19-22-25-28-30-32-35-38-41-44-47-50-57(61)66-55(48-45-42-39-36-33-27-24-21-18-15-12-9-3)54(53-65-67(62,63)64-52-51-59(4,5)6)58-56(60)49-46-43-40-37-34-31-29-26-23-20-17-14-11-8-2/h11,14,20,23,29,31,45,48,54-55H,7-10,12-13,15-19,21-22,24-28,30,32-44,46-47,49-53H2,1-6H3,(H-,58,60,62,63)/b14-11+,23-20+,31-29+,48-45+. The molecule has 0 aromatic heterocycles. The maximum Gasteiger partial charge on any atom is 0.306 e. The van der Waals surface area contributed by atoms with E-state index in [0.717, 1.165) is 83.5 Å². The number of nitrogens with one attached hydrogen (secondary N) is 1. The van der Waals surface area contributed by atoms with Gasteiger partial charge in [-0.3, -0.25) is 14.2 Å². The maximum absolute atomic E-state index is 13.4. The van der Waals surface area contributed by atoms with Crippen molar-refractivity contribution in [1.82, 2.24) is 5.32 Å². The van der Waals surface area contributed by atoms with E-state index in [1.54, 1.807) is 0 Å². The van der Waals surface area contributed by atoms with E-state index in [1.165, 1.54) is 128 Å². The summed E-state index contributed by atoms with van der Waals surface area (Å²) >= 11 is 0. The first-order chi connectivity index (χ1) is 32.4. The van der Waals surface area contributed by atoms with Crippen LogP contribution in [0.4, 0.5) is 0 Å². The molecule has 3 atom stereocenters. The van der Waals surface area contributed by atoms with Crippen molar-refractivity contribution in [1.29, 1.82) is 0 Å². The molecule has 0 saturated heterocycles. The lowest BCUT2D eigenvalue weighted by atomic mass is 10.0. The highest BCUT2D eigenvalue weighted by atomic mass is 31.2. The molecule has 0 aromatic rings. The van der Waals surface area contributed by atoms with Crippen LogP contribution in [0.25, 0.3) is 0 Å². The van der Waals surface area contributed by atoms with E-state index in [1.807, 2.05) is 33.3 Å². The Labute approximate surface area is 414 Å². The predicted octanol–water partition coefficient (Wildman–Crippen LogP) is 15.9. The van der Waals surface area contributed by atoms with E-state index < -0.39 is 26.6 Å². The highest BCUT2D eigenvalue weighted by Gasteiger charge is 2.27. The summed E-state index contributed by atoms with van der Waals surface area (Å²) in [6, 6.07) is -0.896. The largest absolute Gasteiger partial charge is 0.756 e. The van der Waals surface area contributed by atoms with Crippen LogP contribution >= 0.6 is 7.82 Å². The van der Waals surface area contributed by atoms with E-state index in [2.05, 4.69) is 62.5 Å². The molecule has 1 amide bonds. The van der Waals surface area contributed by atoms with Crippen LogP contribution in [0.15, 0.2) is 48.6 Å². The molecule has 0 fully saturated rings. The number of unbranched alkanes of at least 4 members (excludes halogenated alkanes) is 28. The second kappa shape index (κ2) is 47.6. The number of hydrogen-bond acceptors (Lipinski definition) is 7. The molecule has 0 aliphatic carbocycles. The summed E-state index contributed by atoms with van der Waals surface area (Å²) in [4.78, 5) is 39.8. The fraction of sp³-hybridized carbons (Fsp3) is 0.825. The quantitative estimate of drug-likeness (QED) is 0.0212. The zero-order valence-electron chi connectivity index (χ0n) is 44.6. The number of phosphoric ester groups is 1. The van der Waals surface area contributed by atoms with Crippen LogP contribution in [0.3, 0.4) is 0 Å². The molecule has 392 valence electrons. The number of quaternary nitrogens is 1. The van der Waals surface area contributed by atoms with Crippen LogP contribution in [-0.4, -0.2) is 69.4 Å². The van der Waals surface area contributed by atoms with Crippen LogP contribution in [0.1, 0.15) is 252 Å². The third-order valence-electron chi connectivity index (χ3n) is 12.3. The number of rotatable bonds is 50. The average molecular weight is 963 g/mol. The molecule has 0 aromatic carbocycles. The molecule has 10 heteroatoms. The van der Waals surface area contributed by atoms with Gasteiger partial charge >= 0.3 is 5.97 Å². The Hall–Kier alpha value is -2.03. The minimum Gasteiger partial charge on any atom is -0.756 e. The van der Waals surface area contributed by atoms with Crippen LogP contribution in [0.2, 0.25) is 0 Å². The molecule has 0 saturated carbocycles. The van der Waals surface area contributed by atoms with Crippen LogP contribution in [-0.2, 0) is 27.9 Å². The number of allylic oxidation sites excluding steroid dienone is 7. The summed E-state index contributed by atoms with van der Waals surface area (Å²) in [5.74, 6) is -0.562. The van der Waals surface area contributed by atoms with Gasteiger partial charge in [0.05, 0.1) is 33.8 Å². The van der Waals surface area contributed by atoms with Crippen molar-refractivity contribution in [3.63, 3.8) is 0 Å². The van der Waals surface area contributed by atoms with E-state index in [0.29, 0.717) is 23.9 Å². The summed E-state index contributed by atoms with van der Waals surface area (Å²) in [5, 5.41) is 3.00.